The van der Waals surface area contributed by atoms with Gasteiger partial charge in [0.25, 0.3) is 0 Å². The molecule has 0 atom stereocenters. The van der Waals surface area contributed by atoms with E-state index in [1.807, 2.05) is 30.6 Å². The third kappa shape index (κ3) is 4.18. The molecule has 0 aliphatic carbocycles. The Kier molecular flexibility index (Phi) is 6.02. The molecule has 6 heteroatoms. The topological polar surface area (TPSA) is 48.1 Å². The van der Waals surface area contributed by atoms with Crippen molar-refractivity contribution in [1.82, 2.24) is 4.98 Å². The fourth-order valence-electron chi connectivity index (χ4n) is 1.97. The Morgan fingerprint density at radius 1 is 1.48 bits per heavy atom. The molecule has 2 rings (SSSR count). The first-order chi connectivity index (χ1) is 10.1. The van der Waals surface area contributed by atoms with Crippen molar-refractivity contribution in [2.75, 3.05) is 12.4 Å². The summed E-state index contributed by atoms with van der Waals surface area (Å²) in [5.41, 5.74) is 9.66. The Balaban J connectivity index is 2.10. The van der Waals surface area contributed by atoms with Crippen molar-refractivity contribution >= 4 is 40.3 Å². The number of thioether (sulfide) groups is 1. The Morgan fingerprint density at radius 2 is 2.29 bits per heavy atom. The van der Waals surface area contributed by atoms with Crippen molar-refractivity contribution in [2.24, 2.45) is 5.73 Å². The predicted octanol–water partition coefficient (Wildman–Crippen LogP) is 3.82. The van der Waals surface area contributed by atoms with E-state index in [1.165, 1.54) is 4.88 Å². The van der Waals surface area contributed by atoms with Crippen molar-refractivity contribution in [3.8, 4) is 5.75 Å². The number of hydrogen-bond acceptors (Lipinski definition) is 5. The first-order valence-electron chi connectivity index (χ1n) is 6.70. The Hall–Kier alpha value is -1.11. The number of nitrogens with two attached hydrogens (primary N) is 1. The van der Waals surface area contributed by atoms with E-state index in [9.17, 15) is 0 Å². The molecule has 0 spiro atoms. The average Bonchev–Trinajstić information content (AvgIpc) is 2.85. The van der Waals surface area contributed by atoms with E-state index in [0.29, 0.717) is 11.6 Å². The highest BCUT2D eigenvalue weighted by Gasteiger charge is 2.12. The van der Waals surface area contributed by atoms with Crippen LogP contribution >= 0.6 is 35.3 Å². The third-order valence-corrected chi connectivity index (χ3v) is 5.10. The van der Waals surface area contributed by atoms with Crippen LogP contribution < -0.4 is 10.5 Å². The summed E-state index contributed by atoms with van der Waals surface area (Å²) < 4.78 is 5.91. The quantitative estimate of drug-likeness (QED) is 0.614. The molecule has 0 radical (unpaired) electrons. The van der Waals surface area contributed by atoms with Crippen LogP contribution in [0.5, 0.6) is 5.75 Å². The van der Waals surface area contributed by atoms with Crippen LogP contribution in [0.2, 0.25) is 0 Å². The van der Waals surface area contributed by atoms with Crippen LogP contribution in [0, 0.1) is 6.92 Å². The number of thiazole rings is 1. The Bertz CT molecular complexity index is 625. The fourth-order valence-corrected chi connectivity index (χ4v) is 3.85. The van der Waals surface area contributed by atoms with Crippen molar-refractivity contribution in [3.05, 3.63) is 39.8 Å². The van der Waals surface area contributed by atoms with E-state index < -0.39 is 0 Å². The number of rotatable bonds is 7. The molecule has 0 saturated heterocycles. The maximum absolute atomic E-state index is 5.91. The molecule has 0 saturated carbocycles. The summed E-state index contributed by atoms with van der Waals surface area (Å²) >= 11 is 8.56. The highest BCUT2D eigenvalue weighted by atomic mass is 32.2. The lowest BCUT2D eigenvalue weighted by Crippen LogP contribution is -2.14. The first-order valence-corrected chi connectivity index (χ1v) is 8.98. The minimum atomic E-state index is 0.385. The average molecular weight is 339 g/mol. The van der Waals surface area contributed by atoms with Crippen LogP contribution in [0.4, 0.5) is 0 Å². The molecule has 0 unspecified atom stereocenters. The SMILES string of the molecule is CCSc1cccc(OCCc2scnc2C)c1C(N)=S. The van der Waals surface area contributed by atoms with Gasteiger partial charge in [0, 0.05) is 16.2 Å². The molecule has 2 aromatic rings. The molecule has 3 nitrogen and oxygen atoms in total. The summed E-state index contributed by atoms with van der Waals surface area (Å²) in [6, 6.07) is 5.93. The smallest absolute Gasteiger partial charge is 0.130 e. The lowest BCUT2D eigenvalue weighted by Gasteiger charge is -2.14. The zero-order valence-corrected chi connectivity index (χ0v) is 14.5. The van der Waals surface area contributed by atoms with Gasteiger partial charge >= 0.3 is 0 Å². The Morgan fingerprint density at radius 3 is 2.90 bits per heavy atom. The van der Waals surface area contributed by atoms with Crippen LogP contribution in [0.15, 0.2) is 28.6 Å². The second-order valence-electron chi connectivity index (χ2n) is 4.39. The molecule has 0 bridgehead atoms. The molecule has 0 aliphatic rings. The number of aromatic nitrogens is 1. The number of benzene rings is 1. The standard InChI is InChI=1S/C15H18N2OS3/c1-3-20-13-6-4-5-11(14(13)15(16)19)18-8-7-12-10(2)17-9-21-12/h4-6,9H,3,7-8H2,1-2H3,(H2,16,19). The van der Waals surface area contributed by atoms with E-state index in [2.05, 4.69) is 11.9 Å². The molecule has 1 aromatic carbocycles. The second-order valence-corrected chi connectivity index (χ2v) is 7.07. The monoisotopic (exact) mass is 338 g/mol. The van der Waals surface area contributed by atoms with Gasteiger partial charge in [-0.2, -0.15) is 0 Å². The van der Waals surface area contributed by atoms with Gasteiger partial charge in [-0.15, -0.1) is 23.1 Å². The number of ether oxygens (including phenoxy) is 1. The van der Waals surface area contributed by atoms with Crippen LogP contribution in [-0.4, -0.2) is 22.3 Å². The summed E-state index contributed by atoms with van der Waals surface area (Å²) in [5, 5.41) is 0. The maximum atomic E-state index is 5.91. The summed E-state index contributed by atoms with van der Waals surface area (Å²) in [4.78, 5) is 6.97. The zero-order valence-electron chi connectivity index (χ0n) is 12.1. The maximum Gasteiger partial charge on any atom is 0.130 e. The lowest BCUT2D eigenvalue weighted by molar-refractivity contribution is 0.321. The van der Waals surface area contributed by atoms with E-state index >= 15 is 0 Å². The van der Waals surface area contributed by atoms with Gasteiger partial charge in [-0.25, -0.2) is 4.98 Å². The molecule has 0 amide bonds. The zero-order chi connectivity index (χ0) is 15.2. The number of nitrogens with zero attached hydrogens (tertiary/aromatic N) is 1. The molecule has 1 heterocycles. The van der Waals surface area contributed by atoms with Gasteiger partial charge in [-0.05, 0) is 24.8 Å². The van der Waals surface area contributed by atoms with Gasteiger partial charge < -0.3 is 10.5 Å². The molecule has 112 valence electrons. The normalized spacial score (nSPS) is 10.6. The summed E-state index contributed by atoms with van der Waals surface area (Å²) in [7, 11) is 0. The first kappa shape index (κ1) is 16.3. The van der Waals surface area contributed by atoms with Gasteiger partial charge in [-0.3, -0.25) is 0 Å². The van der Waals surface area contributed by atoms with E-state index in [4.69, 9.17) is 22.7 Å². The molecular weight excluding hydrogens is 320 g/mol. The highest BCUT2D eigenvalue weighted by molar-refractivity contribution is 7.99. The summed E-state index contributed by atoms with van der Waals surface area (Å²) in [6.07, 6.45) is 0.846. The van der Waals surface area contributed by atoms with Crippen LogP contribution in [0.25, 0.3) is 0 Å². The second kappa shape index (κ2) is 7.77. The molecular formula is C15H18N2OS3. The minimum Gasteiger partial charge on any atom is -0.492 e. The number of hydrogen-bond donors (Lipinski definition) is 1. The van der Waals surface area contributed by atoms with E-state index in [0.717, 1.165) is 34.1 Å². The van der Waals surface area contributed by atoms with Crippen LogP contribution in [0.1, 0.15) is 23.1 Å². The van der Waals surface area contributed by atoms with Gasteiger partial charge in [0.2, 0.25) is 0 Å². The van der Waals surface area contributed by atoms with Crippen LogP contribution in [0.3, 0.4) is 0 Å². The predicted molar refractivity (Wildman–Crippen MR) is 94.8 cm³/mol. The molecule has 2 N–H and O–H groups in total. The molecule has 0 fully saturated rings. The largest absolute Gasteiger partial charge is 0.492 e. The number of aryl methyl sites for hydroxylation is 1. The van der Waals surface area contributed by atoms with E-state index in [1.54, 1.807) is 23.1 Å². The number of thiocarbonyl (C=S) groups is 1. The van der Waals surface area contributed by atoms with Crippen molar-refractivity contribution in [1.29, 1.82) is 0 Å². The van der Waals surface area contributed by atoms with Gasteiger partial charge in [-0.1, -0.05) is 25.2 Å². The third-order valence-electron chi connectivity index (χ3n) is 2.97. The van der Waals surface area contributed by atoms with Crippen molar-refractivity contribution in [2.45, 2.75) is 25.2 Å². The van der Waals surface area contributed by atoms with Gasteiger partial charge in [0.05, 0.1) is 23.4 Å². The highest BCUT2D eigenvalue weighted by Crippen LogP contribution is 2.30. The minimum absolute atomic E-state index is 0.385. The van der Waals surface area contributed by atoms with E-state index in [-0.39, 0.29) is 0 Å². The Labute approximate surface area is 138 Å². The van der Waals surface area contributed by atoms with Gasteiger partial charge in [0.15, 0.2) is 0 Å². The summed E-state index contributed by atoms with van der Waals surface area (Å²) in [5.74, 6) is 1.74. The van der Waals surface area contributed by atoms with Crippen molar-refractivity contribution in [3.63, 3.8) is 0 Å². The molecule has 1 aromatic heterocycles. The molecule has 21 heavy (non-hydrogen) atoms. The fraction of sp³-hybridized carbons (Fsp3) is 0.333. The molecule has 0 aliphatic heterocycles. The van der Waals surface area contributed by atoms with Gasteiger partial charge in [0.1, 0.15) is 10.7 Å². The summed E-state index contributed by atoms with van der Waals surface area (Å²) in [6.45, 7) is 4.72. The van der Waals surface area contributed by atoms with Crippen LogP contribution in [-0.2, 0) is 6.42 Å². The van der Waals surface area contributed by atoms with Crippen molar-refractivity contribution < 1.29 is 4.74 Å². The lowest BCUT2D eigenvalue weighted by atomic mass is 10.2.